The molecule has 1 saturated heterocycles. The number of aromatic nitrogens is 3. The molecule has 1 aliphatic rings. The molecule has 27 heavy (non-hydrogen) atoms. The fourth-order valence-electron chi connectivity index (χ4n) is 3.11. The van der Waals surface area contributed by atoms with Gasteiger partial charge in [-0.15, -0.1) is 10.2 Å². The highest BCUT2D eigenvalue weighted by molar-refractivity contribution is 14.1. The number of anilines is 1. The highest BCUT2D eigenvalue weighted by atomic mass is 127. The first-order valence-electron chi connectivity index (χ1n) is 8.75. The number of carbonyl (C=O) groups excluding carboxylic acids is 1. The van der Waals surface area contributed by atoms with Gasteiger partial charge in [-0.2, -0.15) is 0 Å². The van der Waals surface area contributed by atoms with Crippen LogP contribution >= 0.6 is 22.6 Å². The number of halogens is 1. The lowest BCUT2D eigenvalue weighted by atomic mass is 10.2. The molecule has 136 valence electrons. The monoisotopic (exact) mass is 471 g/mol. The van der Waals surface area contributed by atoms with Gasteiger partial charge in [0.2, 0.25) is 0 Å². The summed E-state index contributed by atoms with van der Waals surface area (Å²) < 4.78 is 0.986. The van der Waals surface area contributed by atoms with Gasteiger partial charge in [-0.3, -0.25) is 9.78 Å². The predicted molar refractivity (Wildman–Crippen MR) is 113 cm³/mol. The third kappa shape index (κ3) is 3.92. The lowest BCUT2D eigenvalue weighted by molar-refractivity contribution is 0.0745. The van der Waals surface area contributed by atoms with Crippen molar-refractivity contribution in [3.63, 3.8) is 0 Å². The summed E-state index contributed by atoms with van der Waals surface area (Å²) in [6.07, 6.45) is 3.49. The fraction of sp³-hybridized carbons (Fsp3) is 0.200. The zero-order valence-corrected chi connectivity index (χ0v) is 16.8. The molecule has 0 aliphatic carbocycles. The Kier molecular flexibility index (Phi) is 5.28. The van der Waals surface area contributed by atoms with Crippen LogP contribution in [0.2, 0.25) is 0 Å². The fourth-order valence-corrected chi connectivity index (χ4v) is 3.73. The van der Waals surface area contributed by atoms with Crippen molar-refractivity contribution >= 4 is 34.3 Å². The highest BCUT2D eigenvalue weighted by Crippen LogP contribution is 2.20. The Bertz CT molecular complexity index is 925. The molecule has 0 saturated carbocycles. The van der Waals surface area contributed by atoms with E-state index in [2.05, 4.69) is 42.7 Å². The average molecular weight is 471 g/mol. The molecule has 2 aromatic heterocycles. The molecule has 1 fully saturated rings. The van der Waals surface area contributed by atoms with Crippen LogP contribution in [0.15, 0.2) is 60.9 Å². The first-order chi connectivity index (χ1) is 13.2. The van der Waals surface area contributed by atoms with Crippen LogP contribution in [0.25, 0.3) is 11.3 Å². The molecule has 6 nitrogen and oxygen atoms in total. The molecule has 0 bridgehead atoms. The summed E-state index contributed by atoms with van der Waals surface area (Å²) in [6, 6.07) is 15.5. The molecule has 3 heterocycles. The highest BCUT2D eigenvalue weighted by Gasteiger charge is 2.24. The Morgan fingerprint density at radius 2 is 1.63 bits per heavy atom. The van der Waals surface area contributed by atoms with E-state index in [4.69, 9.17) is 0 Å². The van der Waals surface area contributed by atoms with Crippen LogP contribution in [0, 0.1) is 3.57 Å². The lowest BCUT2D eigenvalue weighted by Gasteiger charge is -2.35. The maximum Gasteiger partial charge on any atom is 0.255 e. The van der Waals surface area contributed by atoms with E-state index in [1.54, 1.807) is 12.4 Å². The van der Waals surface area contributed by atoms with Gasteiger partial charge < -0.3 is 9.80 Å². The average Bonchev–Trinajstić information content (AvgIpc) is 2.74. The van der Waals surface area contributed by atoms with Gasteiger partial charge >= 0.3 is 0 Å². The van der Waals surface area contributed by atoms with Crippen LogP contribution in [-0.2, 0) is 0 Å². The number of nitrogens with zero attached hydrogens (tertiary/aromatic N) is 5. The minimum absolute atomic E-state index is 0.0961. The second-order valence-electron chi connectivity index (χ2n) is 6.27. The van der Waals surface area contributed by atoms with Crippen LogP contribution in [-0.4, -0.2) is 52.2 Å². The Balaban J connectivity index is 1.41. The molecule has 0 radical (unpaired) electrons. The van der Waals surface area contributed by atoms with Gasteiger partial charge in [0.1, 0.15) is 0 Å². The van der Waals surface area contributed by atoms with Crippen molar-refractivity contribution in [2.75, 3.05) is 31.1 Å². The number of hydrogen-bond donors (Lipinski definition) is 0. The van der Waals surface area contributed by atoms with Gasteiger partial charge in [0.25, 0.3) is 5.91 Å². The van der Waals surface area contributed by atoms with E-state index < -0.39 is 0 Å². The SMILES string of the molecule is O=C(c1ccccc1I)N1CCN(c2ccc(-c3ccncc3)nn2)CC1. The number of amides is 1. The number of pyridine rings is 1. The van der Waals surface area contributed by atoms with Crippen molar-refractivity contribution in [1.82, 2.24) is 20.1 Å². The van der Waals surface area contributed by atoms with Gasteiger partial charge in [-0.1, -0.05) is 12.1 Å². The molecule has 1 aliphatic heterocycles. The number of piperazine rings is 1. The van der Waals surface area contributed by atoms with Gasteiger partial charge in [-0.05, 0) is 59.0 Å². The molecule has 0 spiro atoms. The standard InChI is InChI=1S/C20H18IN5O/c21-17-4-2-1-3-16(17)20(27)26-13-11-25(12-14-26)19-6-5-18(23-24-19)15-7-9-22-10-8-15/h1-10H,11-14H2. The van der Waals surface area contributed by atoms with Crippen molar-refractivity contribution in [2.45, 2.75) is 0 Å². The van der Waals surface area contributed by atoms with E-state index in [1.807, 2.05) is 53.4 Å². The first-order valence-corrected chi connectivity index (χ1v) is 9.83. The quantitative estimate of drug-likeness (QED) is 0.550. The zero-order valence-electron chi connectivity index (χ0n) is 14.6. The van der Waals surface area contributed by atoms with Crippen molar-refractivity contribution in [3.8, 4) is 11.3 Å². The van der Waals surface area contributed by atoms with E-state index >= 15 is 0 Å². The summed E-state index contributed by atoms with van der Waals surface area (Å²) in [5.74, 6) is 0.938. The van der Waals surface area contributed by atoms with Gasteiger partial charge in [0.05, 0.1) is 11.3 Å². The normalized spacial score (nSPS) is 14.3. The largest absolute Gasteiger partial charge is 0.352 e. The molecule has 0 atom stereocenters. The molecule has 1 aromatic carbocycles. The predicted octanol–water partition coefficient (Wildman–Crippen LogP) is 3.11. The van der Waals surface area contributed by atoms with Crippen LogP contribution < -0.4 is 4.90 Å². The molecule has 0 unspecified atom stereocenters. The molecular formula is C20H18IN5O. The van der Waals surface area contributed by atoms with Gasteiger partial charge in [0, 0.05) is 47.7 Å². The third-order valence-electron chi connectivity index (χ3n) is 4.62. The Labute approximate surface area is 171 Å². The van der Waals surface area contributed by atoms with E-state index in [9.17, 15) is 4.79 Å². The second kappa shape index (κ2) is 7.99. The van der Waals surface area contributed by atoms with Gasteiger partial charge in [-0.25, -0.2) is 0 Å². The topological polar surface area (TPSA) is 62.2 Å². The number of carbonyl (C=O) groups is 1. The Morgan fingerprint density at radius 3 is 2.30 bits per heavy atom. The van der Waals surface area contributed by atoms with Crippen molar-refractivity contribution in [1.29, 1.82) is 0 Å². The number of hydrogen-bond acceptors (Lipinski definition) is 5. The van der Waals surface area contributed by atoms with Crippen LogP contribution in [0.4, 0.5) is 5.82 Å². The maximum atomic E-state index is 12.7. The van der Waals surface area contributed by atoms with Crippen LogP contribution in [0.3, 0.4) is 0 Å². The summed E-state index contributed by atoms with van der Waals surface area (Å²) in [5, 5.41) is 8.71. The zero-order chi connectivity index (χ0) is 18.6. The molecule has 1 amide bonds. The first kappa shape index (κ1) is 17.8. The summed E-state index contributed by atoms with van der Waals surface area (Å²) in [7, 11) is 0. The van der Waals surface area contributed by atoms with Crippen LogP contribution in [0.1, 0.15) is 10.4 Å². The number of rotatable bonds is 3. The molecular weight excluding hydrogens is 453 g/mol. The van der Waals surface area contributed by atoms with E-state index in [1.165, 1.54) is 0 Å². The smallest absolute Gasteiger partial charge is 0.255 e. The van der Waals surface area contributed by atoms with Crippen molar-refractivity contribution in [2.24, 2.45) is 0 Å². The third-order valence-corrected chi connectivity index (χ3v) is 5.56. The van der Waals surface area contributed by atoms with Gasteiger partial charge in [0.15, 0.2) is 5.82 Å². The molecule has 7 heteroatoms. The molecule has 0 N–H and O–H groups in total. The minimum Gasteiger partial charge on any atom is -0.352 e. The number of benzene rings is 1. The Hall–Kier alpha value is -2.55. The summed E-state index contributed by atoms with van der Waals surface area (Å²) >= 11 is 2.21. The minimum atomic E-state index is 0.0961. The lowest BCUT2D eigenvalue weighted by Crippen LogP contribution is -2.49. The summed E-state index contributed by atoms with van der Waals surface area (Å²) in [6.45, 7) is 2.85. The van der Waals surface area contributed by atoms with E-state index in [0.717, 1.165) is 39.3 Å². The van der Waals surface area contributed by atoms with Crippen LogP contribution in [0.5, 0.6) is 0 Å². The van der Waals surface area contributed by atoms with Crippen molar-refractivity contribution < 1.29 is 4.79 Å². The second-order valence-corrected chi connectivity index (χ2v) is 7.43. The summed E-state index contributed by atoms with van der Waals surface area (Å²) in [4.78, 5) is 20.8. The van der Waals surface area contributed by atoms with E-state index in [0.29, 0.717) is 13.1 Å². The maximum absolute atomic E-state index is 12.7. The molecule has 3 aromatic rings. The van der Waals surface area contributed by atoms with E-state index in [-0.39, 0.29) is 5.91 Å². The van der Waals surface area contributed by atoms with Crippen molar-refractivity contribution in [3.05, 3.63) is 70.1 Å². The summed E-state index contributed by atoms with van der Waals surface area (Å²) in [5.41, 5.74) is 2.60. The Morgan fingerprint density at radius 1 is 0.889 bits per heavy atom. The molecule has 4 rings (SSSR count).